The van der Waals surface area contributed by atoms with Gasteiger partial charge >= 0.3 is 0 Å². The highest BCUT2D eigenvalue weighted by Gasteiger charge is 2.30. The third-order valence-corrected chi connectivity index (χ3v) is 6.32. The van der Waals surface area contributed by atoms with Gasteiger partial charge in [-0.2, -0.15) is 21.2 Å². The summed E-state index contributed by atoms with van der Waals surface area (Å²) in [6.45, 7) is 3.44. The van der Waals surface area contributed by atoms with E-state index in [0.717, 1.165) is 12.2 Å². The molecular weight excluding hydrogens is 286 g/mol. The summed E-state index contributed by atoms with van der Waals surface area (Å²) in [5, 5.41) is 13.1. The number of thioether (sulfide) groups is 1. The van der Waals surface area contributed by atoms with Crippen LogP contribution in [0, 0.1) is 0 Å². The van der Waals surface area contributed by atoms with Gasteiger partial charge in [-0.25, -0.2) is 8.42 Å². The SMILES string of the molecule is CCC1CN(S(=O)(=O)c2cnn(CCO)c2)CCS1. The number of hydrogen-bond donors (Lipinski definition) is 1. The molecule has 0 aromatic carbocycles. The van der Waals surface area contributed by atoms with Gasteiger partial charge in [0.25, 0.3) is 0 Å². The molecule has 1 atom stereocenters. The van der Waals surface area contributed by atoms with Gasteiger partial charge in [-0.15, -0.1) is 0 Å². The summed E-state index contributed by atoms with van der Waals surface area (Å²) in [6, 6.07) is 0. The Hall–Kier alpha value is -0.570. The fraction of sp³-hybridized carbons (Fsp3) is 0.727. The summed E-state index contributed by atoms with van der Waals surface area (Å²) in [5.74, 6) is 0.836. The van der Waals surface area contributed by atoms with E-state index in [-0.39, 0.29) is 11.5 Å². The van der Waals surface area contributed by atoms with Gasteiger partial charge in [0.15, 0.2) is 0 Å². The highest BCUT2D eigenvalue weighted by atomic mass is 32.2. The van der Waals surface area contributed by atoms with E-state index in [2.05, 4.69) is 12.0 Å². The third-order valence-electron chi connectivity index (χ3n) is 3.13. The van der Waals surface area contributed by atoms with Gasteiger partial charge in [0.2, 0.25) is 10.0 Å². The Kier molecular flexibility index (Phi) is 4.88. The van der Waals surface area contributed by atoms with E-state index in [9.17, 15) is 8.42 Å². The Labute approximate surface area is 117 Å². The van der Waals surface area contributed by atoms with Gasteiger partial charge in [0.1, 0.15) is 4.90 Å². The van der Waals surface area contributed by atoms with Gasteiger partial charge in [0.05, 0.1) is 19.3 Å². The van der Waals surface area contributed by atoms with Crippen LogP contribution in [0.3, 0.4) is 0 Å². The minimum Gasteiger partial charge on any atom is -0.394 e. The summed E-state index contributed by atoms with van der Waals surface area (Å²) in [4.78, 5) is 0.211. The molecule has 8 heteroatoms. The van der Waals surface area contributed by atoms with Crippen LogP contribution in [-0.4, -0.2) is 58.3 Å². The Morgan fingerprint density at radius 1 is 1.58 bits per heavy atom. The van der Waals surface area contributed by atoms with Gasteiger partial charge < -0.3 is 5.11 Å². The molecule has 19 heavy (non-hydrogen) atoms. The van der Waals surface area contributed by atoms with Crippen molar-refractivity contribution < 1.29 is 13.5 Å². The number of aliphatic hydroxyl groups is 1. The third kappa shape index (κ3) is 3.31. The molecule has 108 valence electrons. The zero-order valence-corrected chi connectivity index (χ0v) is 12.5. The normalized spacial score (nSPS) is 21.7. The molecule has 1 aliphatic rings. The maximum atomic E-state index is 12.5. The van der Waals surface area contributed by atoms with Crippen LogP contribution in [0.2, 0.25) is 0 Å². The molecule has 1 aromatic heterocycles. The summed E-state index contributed by atoms with van der Waals surface area (Å²) in [7, 11) is -3.45. The molecule has 1 unspecified atom stereocenters. The smallest absolute Gasteiger partial charge is 0.246 e. The molecule has 2 heterocycles. The van der Waals surface area contributed by atoms with Crippen molar-refractivity contribution in [2.24, 2.45) is 0 Å². The molecule has 0 spiro atoms. The molecule has 2 rings (SSSR count). The van der Waals surface area contributed by atoms with Crippen molar-refractivity contribution in [2.45, 2.75) is 30.0 Å². The molecule has 6 nitrogen and oxygen atoms in total. The molecule has 0 bridgehead atoms. The Morgan fingerprint density at radius 2 is 2.37 bits per heavy atom. The first-order chi connectivity index (χ1) is 9.07. The highest BCUT2D eigenvalue weighted by molar-refractivity contribution is 8.00. The van der Waals surface area contributed by atoms with E-state index in [0.29, 0.717) is 24.9 Å². The number of aliphatic hydroxyl groups excluding tert-OH is 1. The summed E-state index contributed by atoms with van der Waals surface area (Å²) < 4.78 is 27.9. The van der Waals surface area contributed by atoms with Crippen LogP contribution < -0.4 is 0 Å². The Morgan fingerprint density at radius 3 is 3.05 bits per heavy atom. The van der Waals surface area contributed by atoms with Gasteiger partial charge in [-0.3, -0.25) is 4.68 Å². The molecule has 1 aromatic rings. The van der Waals surface area contributed by atoms with Crippen molar-refractivity contribution in [3.63, 3.8) is 0 Å². The number of nitrogens with zero attached hydrogens (tertiary/aromatic N) is 3. The lowest BCUT2D eigenvalue weighted by molar-refractivity contribution is 0.269. The molecular formula is C11H19N3O3S2. The second-order valence-electron chi connectivity index (χ2n) is 4.43. The zero-order chi connectivity index (χ0) is 13.9. The van der Waals surface area contributed by atoms with E-state index >= 15 is 0 Å². The van der Waals surface area contributed by atoms with Crippen molar-refractivity contribution in [1.82, 2.24) is 14.1 Å². The van der Waals surface area contributed by atoms with Crippen LogP contribution in [0.4, 0.5) is 0 Å². The second kappa shape index (κ2) is 6.25. The quantitative estimate of drug-likeness (QED) is 0.852. The number of aromatic nitrogens is 2. The van der Waals surface area contributed by atoms with E-state index in [1.54, 1.807) is 0 Å². The maximum Gasteiger partial charge on any atom is 0.246 e. The van der Waals surface area contributed by atoms with Crippen molar-refractivity contribution in [3.05, 3.63) is 12.4 Å². The molecule has 1 fully saturated rings. The monoisotopic (exact) mass is 305 g/mol. The van der Waals surface area contributed by atoms with Crippen LogP contribution in [0.25, 0.3) is 0 Å². The van der Waals surface area contributed by atoms with E-state index in [1.165, 1.54) is 21.4 Å². The Balaban J connectivity index is 2.16. The molecule has 1 saturated heterocycles. The molecule has 0 radical (unpaired) electrons. The predicted octanol–water partition coefficient (Wildman–Crippen LogP) is 0.392. The fourth-order valence-electron chi connectivity index (χ4n) is 2.01. The average molecular weight is 305 g/mol. The standard InChI is InChI=1S/C11H19N3O3S2/c1-2-10-8-14(4-6-18-10)19(16,17)11-7-12-13(9-11)3-5-15/h7,9-10,15H,2-6,8H2,1H3. The molecule has 0 saturated carbocycles. The minimum atomic E-state index is -3.45. The van der Waals surface area contributed by atoms with E-state index < -0.39 is 10.0 Å². The summed E-state index contributed by atoms with van der Waals surface area (Å²) in [6.07, 6.45) is 3.81. The maximum absolute atomic E-state index is 12.5. The van der Waals surface area contributed by atoms with Crippen LogP contribution in [0.1, 0.15) is 13.3 Å². The van der Waals surface area contributed by atoms with Gasteiger partial charge in [-0.1, -0.05) is 6.92 Å². The van der Waals surface area contributed by atoms with Gasteiger partial charge in [-0.05, 0) is 6.42 Å². The largest absolute Gasteiger partial charge is 0.394 e. The fourth-order valence-corrected chi connectivity index (χ4v) is 4.84. The second-order valence-corrected chi connectivity index (χ2v) is 7.77. The average Bonchev–Trinajstić information content (AvgIpc) is 2.88. The van der Waals surface area contributed by atoms with Crippen molar-refractivity contribution in [2.75, 3.05) is 25.4 Å². The number of rotatable bonds is 5. The topological polar surface area (TPSA) is 75.4 Å². The molecule has 1 aliphatic heterocycles. The van der Waals surface area contributed by atoms with E-state index in [4.69, 9.17) is 5.11 Å². The number of hydrogen-bond acceptors (Lipinski definition) is 5. The minimum absolute atomic E-state index is 0.0561. The lowest BCUT2D eigenvalue weighted by Crippen LogP contribution is -2.41. The summed E-state index contributed by atoms with van der Waals surface area (Å²) >= 11 is 1.83. The predicted molar refractivity (Wildman–Crippen MR) is 74.6 cm³/mol. The first-order valence-electron chi connectivity index (χ1n) is 6.33. The van der Waals surface area contributed by atoms with E-state index in [1.807, 2.05) is 11.8 Å². The van der Waals surface area contributed by atoms with Crippen LogP contribution >= 0.6 is 11.8 Å². The van der Waals surface area contributed by atoms with Gasteiger partial charge in [0, 0.05) is 30.3 Å². The van der Waals surface area contributed by atoms with Crippen LogP contribution in [0.15, 0.2) is 17.3 Å². The lowest BCUT2D eigenvalue weighted by atomic mass is 10.3. The highest BCUT2D eigenvalue weighted by Crippen LogP contribution is 2.25. The molecule has 0 amide bonds. The van der Waals surface area contributed by atoms with Crippen molar-refractivity contribution in [1.29, 1.82) is 0 Å². The molecule has 0 aliphatic carbocycles. The lowest BCUT2D eigenvalue weighted by Gasteiger charge is -2.30. The van der Waals surface area contributed by atoms with Crippen LogP contribution in [0.5, 0.6) is 0 Å². The van der Waals surface area contributed by atoms with Crippen molar-refractivity contribution in [3.8, 4) is 0 Å². The summed E-state index contributed by atoms with van der Waals surface area (Å²) in [5.41, 5.74) is 0. The van der Waals surface area contributed by atoms with Crippen molar-refractivity contribution >= 4 is 21.8 Å². The van der Waals surface area contributed by atoms with Crippen LogP contribution in [-0.2, 0) is 16.6 Å². The number of sulfonamides is 1. The first kappa shape index (κ1) is 14.8. The Bertz CT molecular complexity index is 515. The first-order valence-corrected chi connectivity index (χ1v) is 8.82. The zero-order valence-electron chi connectivity index (χ0n) is 10.9. The molecule has 1 N–H and O–H groups in total.